The van der Waals surface area contributed by atoms with Gasteiger partial charge in [-0.3, -0.25) is 0 Å². The Morgan fingerprint density at radius 3 is 2.50 bits per heavy atom. The van der Waals surface area contributed by atoms with Gasteiger partial charge in [-0.25, -0.2) is 0 Å². The van der Waals surface area contributed by atoms with Gasteiger partial charge in [0.1, 0.15) is 0 Å². The Morgan fingerprint density at radius 2 is 1.80 bits per heavy atom. The molecule has 1 aromatic carbocycles. The van der Waals surface area contributed by atoms with E-state index in [1.807, 2.05) is 11.8 Å². The first-order chi connectivity index (χ1) is 9.81. The number of nitriles is 1. The van der Waals surface area contributed by atoms with Gasteiger partial charge in [-0.15, -0.1) is 11.8 Å². The fourth-order valence-electron chi connectivity index (χ4n) is 3.75. The second kappa shape index (κ2) is 6.22. The van der Waals surface area contributed by atoms with Crippen molar-refractivity contribution in [3.05, 3.63) is 29.8 Å². The Bertz CT molecular complexity index is 469. The van der Waals surface area contributed by atoms with Gasteiger partial charge in [0.2, 0.25) is 0 Å². The Hall–Kier alpha value is -0.940. The van der Waals surface area contributed by atoms with Gasteiger partial charge in [0.15, 0.2) is 0 Å². The van der Waals surface area contributed by atoms with Gasteiger partial charge in [-0.2, -0.15) is 5.26 Å². The van der Waals surface area contributed by atoms with Gasteiger partial charge in [0, 0.05) is 10.1 Å². The summed E-state index contributed by atoms with van der Waals surface area (Å²) in [5.74, 6) is 0. The number of rotatable bonds is 2. The summed E-state index contributed by atoms with van der Waals surface area (Å²) in [6.45, 7) is 0. The summed E-state index contributed by atoms with van der Waals surface area (Å²) in [5, 5.41) is 10.4. The molecular formula is C18H23NS. The zero-order chi connectivity index (χ0) is 13.8. The summed E-state index contributed by atoms with van der Waals surface area (Å²) < 4.78 is 0. The van der Waals surface area contributed by atoms with E-state index in [2.05, 4.69) is 30.3 Å². The molecule has 1 aliphatic heterocycles. The number of hydrogen-bond donors (Lipinski definition) is 0. The van der Waals surface area contributed by atoms with Gasteiger partial charge in [-0.05, 0) is 37.3 Å². The second-order valence-electron chi connectivity index (χ2n) is 6.42. The van der Waals surface area contributed by atoms with Crippen molar-refractivity contribution in [3.8, 4) is 6.07 Å². The minimum Gasteiger partial charge on any atom is -0.198 e. The lowest BCUT2D eigenvalue weighted by molar-refractivity contribution is 0.268. The maximum Gasteiger partial charge on any atom is 0.0690 e. The average Bonchev–Trinajstić information content (AvgIpc) is 2.84. The fourth-order valence-corrected chi connectivity index (χ4v) is 5.23. The molecule has 0 bridgehead atoms. The van der Waals surface area contributed by atoms with E-state index in [0.717, 1.165) is 25.7 Å². The van der Waals surface area contributed by atoms with E-state index in [1.165, 1.54) is 42.6 Å². The van der Waals surface area contributed by atoms with E-state index in [9.17, 15) is 5.26 Å². The predicted octanol–water partition coefficient (Wildman–Crippen LogP) is 5.35. The predicted molar refractivity (Wildman–Crippen MR) is 84.8 cm³/mol. The third-order valence-electron chi connectivity index (χ3n) is 4.88. The molecule has 0 N–H and O–H groups in total. The molecule has 3 rings (SSSR count). The summed E-state index contributed by atoms with van der Waals surface area (Å²) in [6.07, 6.45) is 11.0. The SMILES string of the molecule is N#CC1(CC2Cc3ccccc3S2)CCCCCCC1. The highest BCUT2D eigenvalue weighted by Crippen LogP contribution is 2.46. The Kier molecular flexibility index (Phi) is 4.36. The minimum atomic E-state index is -0.0415. The summed E-state index contributed by atoms with van der Waals surface area (Å²) in [6, 6.07) is 11.5. The fraction of sp³-hybridized carbons (Fsp3) is 0.611. The largest absolute Gasteiger partial charge is 0.198 e. The van der Waals surface area contributed by atoms with Crippen LogP contribution < -0.4 is 0 Å². The van der Waals surface area contributed by atoms with Crippen LogP contribution in [-0.4, -0.2) is 5.25 Å². The molecule has 106 valence electrons. The average molecular weight is 285 g/mol. The summed E-state index contributed by atoms with van der Waals surface area (Å²) >= 11 is 2.00. The quantitative estimate of drug-likeness (QED) is 0.731. The van der Waals surface area contributed by atoms with Gasteiger partial charge < -0.3 is 0 Å². The van der Waals surface area contributed by atoms with Gasteiger partial charge >= 0.3 is 0 Å². The Morgan fingerprint density at radius 1 is 1.10 bits per heavy atom. The molecule has 0 amide bonds. The molecule has 0 aromatic heterocycles. The van der Waals surface area contributed by atoms with Gasteiger partial charge in [0.05, 0.1) is 11.5 Å². The molecular weight excluding hydrogens is 262 g/mol. The van der Waals surface area contributed by atoms with Crippen LogP contribution in [0.4, 0.5) is 0 Å². The minimum absolute atomic E-state index is 0.0415. The van der Waals surface area contributed by atoms with Crippen LogP contribution >= 0.6 is 11.8 Å². The molecule has 1 unspecified atom stereocenters. The van der Waals surface area contributed by atoms with Crippen LogP contribution in [0.5, 0.6) is 0 Å². The molecule has 0 radical (unpaired) electrons. The van der Waals surface area contributed by atoms with Gasteiger partial charge in [0.25, 0.3) is 0 Å². The molecule has 0 saturated heterocycles. The first-order valence-electron chi connectivity index (χ1n) is 7.97. The number of thioether (sulfide) groups is 1. The van der Waals surface area contributed by atoms with Crippen molar-refractivity contribution in [1.82, 2.24) is 0 Å². The first-order valence-corrected chi connectivity index (χ1v) is 8.85. The summed E-state index contributed by atoms with van der Waals surface area (Å²) in [4.78, 5) is 1.44. The highest BCUT2D eigenvalue weighted by Gasteiger charge is 2.35. The molecule has 1 fully saturated rings. The summed E-state index contributed by atoms with van der Waals surface area (Å²) in [5.41, 5.74) is 1.45. The highest BCUT2D eigenvalue weighted by atomic mass is 32.2. The first kappa shape index (κ1) is 14.0. The van der Waals surface area contributed by atoms with Gasteiger partial charge in [-0.1, -0.05) is 50.3 Å². The van der Waals surface area contributed by atoms with E-state index in [4.69, 9.17) is 0 Å². The maximum absolute atomic E-state index is 9.78. The lowest BCUT2D eigenvalue weighted by Crippen LogP contribution is -2.25. The van der Waals surface area contributed by atoms with Crippen molar-refractivity contribution in [2.24, 2.45) is 5.41 Å². The molecule has 0 spiro atoms. The molecule has 2 aliphatic rings. The maximum atomic E-state index is 9.78. The van der Waals surface area contributed by atoms with E-state index in [1.54, 1.807) is 0 Å². The van der Waals surface area contributed by atoms with Crippen molar-refractivity contribution < 1.29 is 0 Å². The van der Waals surface area contributed by atoms with Crippen molar-refractivity contribution in [2.75, 3.05) is 0 Å². The number of fused-ring (bicyclic) bond motifs is 1. The van der Waals surface area contributed by atoms with Crippen molar-refractivity contribution in [3.63, 3.8) is 0 Å². The smallest absolute Gasteiger partial charge is 0.0690 e. The number of nitrogens with zero attached hydrogens (tertiary/aromatic N) is 1. The van der Waals surface area contributed by atoms with Crippen molar-refractivity contribution in [2.45, 2.75) is 67.9 Å². The molecule has 1 atom stereocenters. The molecule has 20 heavy (non-hydrogen) atoms. The molecule has 1 aliphatic carbocycles. The van der Waals surface area contributed by atoms with Crippen molar-refractivity contribution >= 4 is 11.8 Å². The van der Waals surface area contributed by atoms with E-state index in [0.29, 0.717) is 5.25 Å². The number of hydrogen-bond acceptors (Lipinski definition) is 2. The van der Waals surface area contributed by atoms with E-state index >= 15 is 0 Å². The third-order valence-corrected chi connectivity index (χ3v) is 6.20. The normalized spacial score (nSPS) is 25.2. The van der Waals surface area contributed by atoms with Crippen LogP contribution in [0.25, 0.3) is 0 Å². The monoisotopic (exact) mass is 285 g/mol. The molecule has 1 saturated carbocycles. The van der Waals surface area contributed by atoms with Crippen LogP contribution in [0.1, 0.15) is 56.9 Å². The van der Waals surface area contributed by atoms with Crippen LogP contribution in [0.15, 0.2) is 29.2 Å². The third kappa shape index (κ3) is 3.04. The Labute approximate surface area is 126 Å². The van der Waals surface area contributed by atoms with Crippen LogP contribution in [0.2, 0.25) is 0 Å². The Balaban J connectivity index is 1.68. The van der Waals surface area contributed by atoms with E-state index < -0.39 is 0 Å². The number of benzene rings is 1. The zero-order valence-corrected chi connectivity index (χ0v) is 12.9. The van der Waals surface area contributed by atoms with Crippen LogP contribution in [0.3, 0.4) is 0 Å². The van der Waals surface area contributed by atoms with Crippen LogP contribution in [0, 0.1) is 16.7 Å². The molecule has 1 aromatic rings. The van der Waals surface area contributed by atoms with E-state index in [-0.39, 0.29) is 5.41 Å². The van der Waals surface area contributed by atoms with Crippen LogP contribution in [-0.2, 0) is 6.42 Å². The molecule has 1 nitrogen and oxygen atoms in total. The lowest BCUT2D eigenvalue weighted by atomic mass is 9.74. The lowest BCUT2D eigenvalue weighted by Gasteiger charge is -2.30. The molecule has 2 heteroatoms. The zero-order valence-electron chi connectivity index (χ0n) is 12.1. The molecule has 1 heterocycles. The topological polar surface area (TPSA) is 23.8 Å². The van der Waals surface area contributed by atoms with Crippen molar-refractivity contribution in [1.29, 1.82) is 5.26 Å². The highest BCUT2D eigenvalue weighted by molar-refractivity contribution is 8.00. The summed E-state index contributed by atoms with van der Waals surface area (Å²) in [7, 11) is 0. The standard InChI is InChI=1S/C18H23NS/c19-14-18(10-6-2-1-3-7-11-18)13-16-12-15-8-4-5-9-17(15)20-16/h4-5,8-9,16H,1-3,6-7,10-13H2. The second-order valence-corrected chi connectivity index (χ2v) is 7.76.